The molecule has 3 heterocycles. The third-order valence-electron chi connectivity index (χ3n) is 5.64. The van der Waals surface area contributed by atoms with Crippen LogP contribution in [0.3, 0.4) is 0 Å². The Hall–Kier alpha value is -3.58. The molecule has 2 aromatic heterocycles. The van der Waals surface area contributed by atoms with Gasteiger partial charge in [0, 0.05) is 29.4 Å². The number of benzene rings is 2. The van der Waals surface area contributed by atoms with Gasteiger partial charge in [0.2, 0.25) is 0 Å². The normalized spacial score (nSPS) is 16.6. The summed E-state index contributed by atoms with van der Waals surface area (Å²) in [7, 11) is 0. The van der Waals surface area contributed by atoms with Gasteiger partial charge in [0.05, 0.1) is 24.2 Å². The van der Waals surface area contributed by atoms with Gasteiger partial charge in [0.25, 0.3) is 0 Å². The molecule has 2 aromatic carbocycles. The van der Waals surface area contributed by atoms with Crippen molar-refractivity contribution < 1.29 is 14.3 Å². The van der Waals surface area contributed by atoms with Crippen molar-refractivity contribution in [3.8, 4) is 22.9 Å². The van der Waals surface area contributed by atoms with Crippen LogP contribution in [-0.4, -0.2) is 47.0 Å². The molecule has 158 valence electrons. The van der Waals surface area contributed by atoms with Crippen molar-refractivity contribution in [2.24, 2.45) is 0 Å². The van der Waals surface area contributed by atoms with Crippen molar-refractivity contribution >= 4 is 23.1 Å². The first-order valence-electron chi connectivity index (χ1n) is 10.4. The number of H-pyrrole nitrogens is 2. The molecule has 4 aromatic rings. The van der Waals surface area contributed by atoms with Gasteiger partial charge >= 0.3 is 0 Å². The van der Waals surface area contributed by atoms with Crippen molar-refractivity contribution in [2.45, 2.75) is 20.0 Å². The maximum Gasteiger partial charge on any atom is 0.150 e. The van der Waals surface area contributed by atoms with Crippen LogP contribution in [0.15, 0.2) is 48.5 Å². The number of morpholine rings is 1. The molecule has 31 heavy (non-hydrogen) atoms. The van der Waals surface area contributed by atoms with Gasteiger partial charge in [-0.15, -0.1) is 0 Å². The van der Waals surface area contributed by atoms with E-state index in [1.807, 2.05) is 55.5 Å². The van der Waals surface area contributed by atoms with Gasteiger partial charge in [-0.3, -0.25) is 0 Å². The van der Waals surface area contributed by atoms with Crippen molar-refractivity contribution in [1.29, 1.82) is 0 Å². The van der Waals surface area contributed by atoms with Gasteiger partial charge in [-0.25, -0.2) is 4.98 Å². The number of para-hydroxylation sites is 1. The minimum Gasteiger partial charge on any atom is -0.457 e. The molecule has 1 aliphatic rings. The van der Waals surface area contributed by atoms with E-state index in [2.05, 4.69) is 21.8 Å². The summed E-state index contributed by atoms with van der Waals surface area (Å²) < 4.78 is 11.4. The summed E-state index contributed by atoms with van der Waals surface area (Å²) in [6, 6.07) is 15.6. The van der Waals surface area contributed by atoms with Gasteiger partial charge in [-0.05, 0) is 38.1 Å². The van der Waals surface area contributed by atoms with E-state index < -0.39 is 6.10 Å². The molecule has 1 fully saturated rings. The standard InChI is InChI=1S/C24H24N4O3/c1-15-22(16(2)25-24(15)28-10-11-30-19(13-28)14-29)23-26-20-9-8-18(12-21(20)27-23)31-17-6-4-3-5-7-17/h3-9,12,14,19,25H,10-11,13H2,1-2H3,(H,26,27). The van der Waals surface area contributed by atoms with Crippen LogP contribution in [0, 0.1) is 13.8 Å². The number of carbonyl (C=O) groups is 1. The van der Waals surface area contributed by atoms with E-state index in [1.165, 1.54) is 0 Å². The number of imidazole rings is 1. The second kappa shape index (κ2) is 7.92. The highest BCUT2D eigenvalue weighted by Gasteiger charge is 2.25. The monoisotopic (exact) mass is 416 g/mol. The topological polar surface area (TPSA) is 83.2 Å². The molecule has 2 N–H and O–H groups in total. The van der Waals surface area contributed by atoms with Crippen molar-refractivity contribution in [1.82, 2.24) is 15.0 Å². The number of ether oxygens (including phenoxy) is 2. The van der Waals surface area contributed by atoms with E-state index >= 15 is 0 Å². The van der Waals surface area contributed by atoms with Crippen LogP contribution in [0.1, 0.15) is 11.3 Å². The number of aldehydes is 1. The summed E-state index contributed by atoms with van der Waals surface area (Å²) in [6.45, 7) is 5.94. The summed E-state index contributed by atoms with van der Waals surface area (Å²) in [5.41, 5.74) is 4.97. The zero-order chi connectivity index (χ0) is 21.4. The van der Waals surface area contributed by atoms with Crippen molar-refractivity contribution in [3.63, 3.8) is 0 Å². The molecular weight excluding hydrogens is 392 g/mol. The Labute approximate surface area is 180 Å². The third-order valence-corrected chi connectivity index (χ3v) is 5.64. The minimum absolute atomic E-state index is 0.394. The van der Waals surface area contributed by atoms with Gasteiger partial charge < -0.3 is 29.1 Å². The fraction of sp³-hybridized carbons (Fsp3) is 0.250. The SMILES string of the molecule is Cc1[nH]c(N2CCOC(C=O)C2)c(C)c1-c1nc2ccc(Oc3ccccc3)cc2[nH]1. The Morgan fingerprint density at radius 1 is 1.13 bits per heavy atom. The maximum atomic E-state index is 11.2. The molecule has 1 aliphatic heterocycles. The predicted octanol–water partition coefficient (Wildman–Crippen LogP) is 4.37. The Morgan fingerprint density at radius 2 is 1.97 bits per heavy atom. The average molecular weight is 416 g/mol. The highest BCUT2D eigenvalue weighted by molar-refractivity contribution is 5.83. The van der Waals surface area contributed by atoms with E-state index in [4.69, 9.17) is 14.5 Å². The molecule has 1 saturated heterocycles. The summed E-state index contributed by atoms with van der Waals surface area (Å²) >= 11 is 0. The number of nitrogens with one attached hydrogen (secondary N) is 2. The van der Waals surface area contributed by atoms with Crippen LogP contribution < -0.4 is 9.64 Å². The van der Waals surface area contributed by atoms with E-state index in [-0.39, 0.29) is 0 Å². The van der Waals surface area contributed by atoms with Gasteiger partial charge in [-0.1, -0.05) is 18.2 Å². The van der Waals surface area contributed by atoms with Crippen molar-refractivity contribution in [2.75, 3.05) is 24.6 Å². The van der Waals surface area contributed by atoms with Crippen LogP contribution in [-0.2, 0) is 9.53 Å². The Morgan fingerprint density at radius 3 is 2.77 bits per heavy atom. The molecule has 7 nitrogen and oxygen atoms in total. The van der Waals surface area contributed by atoms with Crippen LogP contribution in [0.25, 0.3) is 22.4 Å². The van der Waals surface area contributed by atoms with Gasteiger partial charge in [0.1, 0.15) is 29.2 Å². The van der Waals surface area contributed by atoms with Crippen LogP contribution in [0.5, 0.6) is 11.5 Å². The van der Waals surface area contributed by atoms with E-state index in [0.717, 1.165) is 63.8 Å². The second-order valence-electron chi connectivity index (χ2n) is 7.77. The number of rotatable bonds is 5. The van der Waals surface area contributed by atoms with Crippen LogP contribution in [0.2, 0.25) is 0 Å². The molecule has 5 rings (SSSR count). The molecular formula is C24H24N4O3. The quantitative estimate of drug-likeness (QED) is 0.472. The number of aromatic amines is 2. The second-order valence-corrected chi connectivity index (χ2v) is 7.77. The summed E-state index contributed by atoms with van der Waals surface area (Å²) in [5.74, 6) is 3.37. The lowest BCUT2D eigenvalue weighted by Crippen LogP contribution is -2.43. The minimum atomic E-state index is -0.394. The van der Waals surface area contributed by atoms with E-state index in [9.17, 15) is 4.79 Å². The zero-order valence-corrected chi connectivity index (χ0v) is 17.5. The van der Waals surface area contributed by atoms with Gasteiger partial charge in [-0.2, -0.15) is 0 Å². The lowest BCUT2D eigenvalue weighted by atomic mass is 10.1. The summed E-state index contributed by atoms with van der Waals surface area (Å²) in [4.78, 5) is 25.1. The average Bonchev–Trinajstić information content (AvgIpc) is 3.33. The molecule has 0 amide bonds. The number of hydrogen-bond acceptors (Lipinski definition) is 5. The van der Waals surface area contributed by atoms with E-state index in [0.29, 0.717) is 13.2 Å². The van der Waals surface area contributed by atoms with Gasteiger partial charge in [0.15, 0.2) is 6.29 Å². The number of nitrogens with zero attached hydrogens (tertiary/aromatic N) is 2. The number of carbonyl (C=O) groups excluding carboxylic acids is 1. The molecule has 1 unspecified atom stereocenters. The molecule has 0 radical (unpaired) electrons. The maximum absolute atomic E-state index is 11.2. The lowest BCUT2D eigenvalue weighted by Gasteiger charge is -2.31. The number of fused-ring (bicyclic) bond motifs is 1. The Bertz CT molecular complexity index is 1230. The highest BCUT2D eigenvalue weighted by Crippen LogP contribution is 2.35. The summed E-state index contributed by atoms with van der Waals surface area (Å²) in [6.07, 6.45) is 0.474. The first-order valence-corrected chi connectivity index (χ1v) is 10.4. The molecule has 0 spiro atoms. The molecule has 1 atom stereocenters. The fourth-order valence-corrected chi connectivity index (χ4v) is 4.16. The largest absolute Gasteiger partial charge is 0.457 e. The smallest absolute Gasteiger partial charge is 0.150 e. The number of aromatic nitrogens is 3. The predicted molar refractivity (Wildman–Crippen MR) is 120 cm³/mol. The fourth-order valence-electron chi connectivity index (χ4n) is 4.16. The molecule has 7 heteroatoms. The van der Waals surface area contributed by atoms with Crippen molar-refractivity contribution in [3.05, 3.63) is 59.8 Å². The molecule has 0 aliphatic carbocycles. The number of hydrogen-bond donors (Lipinski definition) is 2. The lowest BCUT2D eigenvalue weighted by molar-refractivity contribution is -0.118. The van der Waals surface area contributed by atoms with E-state index in [1.54, 1.807) is 0 Å². The first-order chi connectivity index (χ1) is 15.1. The first kappa shape index (κ1) is 19.4. The molecule has 0 bridgehead atoms. The Kier molecular flexibility index (Phi) is 4.95. The number of aryl methyl sites for hydroxylation is 1. The summed E-state index contributed by atoms with van der Waals surface area (Å²) in [5, 5.41) is 0. The molecule has 0 saturated carbocycles. The highest BCUT2D eigenvalue weighted by atomic mass is 16.5. The zero-order valence-electron chi connectivity index (χ0n) is 17.5. The van der Waals surface area contributed by atoms with Crippen LogP contribution >= 0.6 is 0 Å². The third kappa shape index (κ3) is 3.68. The number of anilines is 1. The Balaban J connectivity index is 1.46. The van der Waals surface area contributed by atoms with Crippen LogP contribution in [0.4, 0.5) is 5.82 Å².